The van der Waals surface area contributed by atoms with Crippen molar-refractivity contribution in [1.82, 2.24) is 16.0 Å². The van der Waals surface area contributed by atoms with Crippen LogP contribution in [-0.4, -0.2) is 37.2 Å². The second kappa shape index (κ2) is 9.57. The van der Waals surface area contributed by atoms with Gasteiger partial charge in [-0.1, -0.05) is 25.0 Å². The van der Waals surface area contributed by atoms with Gasteiger partial charge in [0.1, 0.15) is 5.82 Å². The van der Waals surface area contributed by atoms with Crippen LogP contribution in [0.3, 0.4) is 0 Å². The van der Waals surface area contributed by atoms with Crippen molar-refractivity contribution in [2.75, 3.05) is 13.1 Å². The fourth-order valence-corrected chi connectivity index (χ4v) is 3.15. The quantitative estimate of drug-likeness (QED) is 0.516. The normalized spacial score (nSPS) is 20.0. The van der Waals surface area contributed by atoms with Crippen LogP contribution in [0.5, 0.6) is 0 Å². The van der Waals surface area contributed by atoms with E-state index in [-0.39, 0.29) is 25.1 Å². The van der Waals surface area contributed by atoms with Crippen LogP contribution in [0.2, 0.25) is 0 Å². The molecule has 0 aromatic heterocycles. The Bertz CT molecular complexity index is 652. The molecule has 5 nitrogen and oxygen atoms in total. The number of benzene rings is 1. The molecule has 2 atom stereocenters. The summed E-state index contributed by atoms with van der Waals surface area (Å²) in [6, 6.07) is 3.99. The summed E-state index contributed by atoms with van der Waals surface area (Å²) >= 11 is 0. The van der Waals surface area contributed by atoms with Crippen molar-refractivity contribution in [3.8, 4) is 0 Å². The van der Waals surface area contributed by atoms with E-state index in [1.54, 1.807) is 6.07 Å². The molecule has 1 fully saturated rings. The van der Waals surface area contributed by atoms with Crippen LogP contribution < -0.4 is 16.0 Å². The first-order chi connectivity index (χ1) is 12.8. The van der Waals surface area contributed by atoms with Crippen molar-refractivity contribution in [2.45, 2.75) is 44.3 Å². The zero-order valence-corrected chi connectivity index (χ0v) is 14.7. The summed E-state index contributed by atoms with van der Waals surface area (Å²) in [6.07, 6.45) is -2.48. The topological polar surface area (TPSA) is 70.2 Å². The van der Waals surface area contributed by atoms with Crippen LogP contribution >= 0.6 is 0 Å². The van der Waals surface area contributed by atoms with Crippen LogP contribution in [0.15, 0.2) is 24.3 Å². The summed E-state index contributed by atoms with van der Waals surface area (Å²) in [5.74, 6) is -2.70. The number of carbonyl (C=O) groups excluding carboxylic acids is 2. The molecule has 0 saturated heterocycles. The molecule has 1 aromatic rings. The second-order valence-corrected chi connectivity index (χ2v) is 6.53. The molecule has 0 aliphatic heterocycles. The van der Waals surface area contributed by atoms with Crippen LogP contribution in [0.1, 0.15) is 42.5 Å². The van der Waals surface area contributed by atoms with E-state index in [4.69, 9.17) is 0 Å². The van der Waals surface area contributed by atoms with E-state index in [1.807, 2.05) is 0 Å². The molecular formula is C18H23F4N3O2. The van der Waals surface area contributed by atoms with Gasteiger partial charge >= 0.3 is 12.2 Å². The molecule has 1 aliphatic rings. The van der Waals surface area contributed by atoms with Crippen LogP contribution in [0.4, 0.5) is 22.4 Å². The summed E-state index contributed by atoms with van der Waals surface area (Å²) in [5, 5.41) is 7.41. The number of hydrogen-bond acceptors (Lipinski definition) is 2. The van der Waals surface area contributed by atoms with Crippen LogP contribution in [0, 0.1) is 11.7 Å². The van der Waals surface area contributed by atoms with E-state index in [0.717, 1.165) is 0 Å². The molecule has 2 unspecified atom stereocenters. The summed E-state index contributed by atoms with van der Waals surface area (Å²) < 4.78 is 52.5. The molecule has 9 heteroatoms. The van der Waals surface area contributed by atoms with E-state index in [2.05, 4.69) is 16.0 Å². The number of alkyl halides is 3. The molecule has 0 radical (unpaired) electrons. The van der Waals surface area contributed by atoms with Crippen molar-refractivity contribution in [2.24, 2.45) is 5.92 Å². The van der Waals surface area contributed by atoms with Gasteiger partial charge in [-0.3, -0.25) is 4.79 Å². The monoisotopic (exact) mass is 389 g/mol. The van der Waals surface area contributed by atoms with E-state index >= 15 is 0 Å². The highest BCUT2D eigenvalue weighted by Gasteiger charge is 2.45. The smallest absolute Gasteiger partial charge is 0.352 e. The van der Waals surface area contributed by atoms with Gasteiger partial charge in [0, 0.05) is 19.1 Å². The Balaban J connectivity index is 1.67. The molecule has 0 heterocycles. The van der Waals surface area contributed by atoms with Crippen molar-refractivity contribution >= 4 is 11.9 Å². The van der Waals surface area contributed by atoms with Crippen molar-refractivity contribution in [3.63, 3.8) is 0 Å². The fourth-order valence-electron chi connectivity index (χ4n) is 3.15. The Hall–Kier alpha value is -2.32. The molecule has 3 N–H and O–H groups in total. The Kier molecular flexibility index (Phi) is 7.44. The highest BCUT2D eigenvalue weighted by Crippen LogP contribution is 2.37. The fraction of sp³-hybridized carbons (Fsp3) is 0.556. The zero-order valence-electron chi connectivity index (χ0n) is 14.7. The lowest BCUT2D eigenvalue weighted by Crippen LogP contribution is -2.50. The molecule has 0 bridgehead atoms. The second-order valence-electron chi connectivity index (χ2n) is 6.53. The molecule has 3 amide bonds. The third kappa shape index (κ3) is 6.41. The Labute approximate surface area is 154 Å². The zero-order chi connectivity index (χ0) is 19.9. The maximum absolute atomic E-state index is 13.5. The van der Waals surface area contributed by atoms with E-state index in [1.165, 1.54) is 18.2 Å². The van der Waals surface area contributed by atoms with Gasteiger partial charge in [-0.2, -0.15) is 13.2 Å². The highest BCUT2D eigenvalue weighted by molar-refractivity contribution is 5.94. The van der Waals surface area contributed by atoms with Gasteiger partial charge < -0.3 is 16.0 Å². The van der Waals surface area contributed by atoms with Gasteiger partial charge in [-0.25, -0.2) is 9.18 Å². The van der Waals surface area contributed by atoms with Gasteiger partial charge in [0.15, 0.2) is 0 Å². The number of nitrogens with one attached hydrogen (secondary N) is 3. The molecule has 2 rings (SSSR count). The predicted octanol–water partition coefficient (Wildman–Crippen LogP) is 3.37. The Morgan fingerprint density at radius 3 is 2.41 bits per heavy atom. The van der Waals surface area contributed by atoms with Crippen LogP contribution in [-0.2, 0) is 0 Å². The molecule has 27 heavy (non-hydrogen) atoms. The minimum absolute atomic E-state index is 0.0243. The van der Waals surface area contributed by atoms with Crippen molar-refractivity contribution < 1.29 is 27.2 Å². The number of urea groups is 1. The number of halogens is 4. The van der Waals surface area contributed by atoms with Gasteiger partial charge in [0.25, 0.3) is 5.91 Å². The third-order valence-corrected chi connectivity index (χ3v) is 4.55. The largest absolute Gasteiger partial charge is 0.393 e. The minimum atomic E-state index is -4.32. The summed E-state index contributed by atoms with van der Waals surface area (Å²) in [5.41, 5.74) is -0.0707. The highest BCUT2D eigenvalue weighted by atomic mass is 19.4. The van der Waals surface area contributed by atoms with Gasteiger partial charge in [-0.05, 0) is 31.4 Å². The van der Waals surface area contributed by atoms with Gasteiger partial charge in [0.2, 0.25) is 0 Å². The molecule has 0 spiro atoms. The molecule has 150 valence electrons. The first-order valence-corrected chi connectivity index (χ1v) is 8.93. The first kappa shape index (κ1) is 21.0. The summed E-state index contributed by atoms with van der Waals surface area (Å²) in [7, 11) is 0. The Morgan fingerprint density at radius 2 is 1.70 bits per heavy atom. The number of rotatable bonds is 6. The maximum atomic E-state index is 13.5. The average Bonchev–Trinajstić information content (AvgIpc) is 2.61. The SMILES string of the molecule is O=C(NCCCNC(=O)c1ccccc1F)NC1CCCCC1C(F)(F)F. The lowest BCUT2D eigenvalue weighted by molar-refractivity contribution is -0.187. The van der Waals surface area contributed by atoms with E-state index in [9.17, 15) is 27.2 Å². The summed E-state index contributed by atoms with van der Waals surface area (Å²) in [4.78, 5) is 23.6. The lowest BCUT2D eigenvalue weighted by atomic mass is 9.84. The van der Waals surface area contributed by atoms with E-state index in [0.29, 0.717) is 25.7 Å². The molecule has 1 aromatic carbocycles. The maximum Gasteiger partial charge on any atom is 0.393 e. The number of amides is 3. The summed E-state index contributed by atoms with van der Waals surface area (Å²) in [6.45, 7) is 0.370. The van der Waals surface area contributed by atoms with Gasteiger partial charge in [0.05, 0.1) is 11.5 Å². The number of hydrogen-bond donors (Lipinski definition) is 3. The van der Waals surface area contributed by atoms with Crippen molar-refractivity contribution in [1.29, 1.82) is 0 Å². The Morgan fingerprint density at radius 1 is 1.04 bits per heavy atom. The van der Waals surface area contributed by atoms with Crippen LogP contribution in [0.25, 0.3) is 0 Å². The molecular weight excluding hydrogens is 366 g/mol. The molecule has 1 aliphatic carbocycles. The number of carbonyl (C=O) groups is 2. The lowest BCUT2D eigenvalue weighted by Gasteiger charge is -2.33. The minimum Gasteiger partial charge on any atom is -0.352 e. The van der Waals surface area contributed by atoms with Crippen molar-refractivity contribution in [3.05, 3.63) is 35.6 Å². The predicted molar refractivity (Wildman–Crippen MR) is 91.7 cm³/mol. The van der Waals surface area contributed by atoms with E-state index < -0.39 is 35.9 Å². The molecule has 1 saturated carbocycles. The van der Waals surface area contributed by atoms with Gasteiger partial charge in [-0.15, -0.1) is 0 Å². The standard InChI is InChI=1S/C18H23F4N3O2/c19-14-8-3-1-6-12(14)16(26)23-10-5-11-24-17(27)25-15-9-4-2-7-13(15)18(20,21)22/h1,3,6,8,13,15H,2,4-5,7,9-11H2,(H,23,26)(H2,24,25,27). The average molecular weight is 389 g/mol. The third-order valence-electron chi connectivity index (χ3n) is 4.55. The first-order valence-electron chi connectivity index (χ1n) is 8.93.